The van der Waals surface area contributed by atoms with E-state index >= 15 is 0 Å². The van der Waals surface area contributed by atoms with Gasteiger partial charge in [-0.05, 0) is 20.8 Å². The molecule has 0 radical (unpaired) electrons. The molecule has 2 N–H and O–H groups in total. The molecule has 0 heterocycles. The average Bonchev–Trinajstić information content (AvgIpc) is 2.13. The Labute approximate surface area is 90.3 Å². The van der Waals surface area contributed by atoms with Crippen LogP contribution in [0.5, 0.6) is 0 Å². The van der Waals surface area contributed by atoms with Crippen molar-refractivity contribution >= 4 is 12.3 Å². The second-order valence-corrected chi connectivity index (χ2v) is 3.61. The Hall–Kier alpha value is -1.14. The van der Waals surface area contributed by atoms with Gasteiger partial charge in [-0.3, -0.25) is 14.4 Å². The number of ether oxygens (including phenoxy) is 1. The first-order valence-corrected chi connectivity index (χ1v) is 4.38. The summed E-state index contributed by atoms with van der Waals surface area (Å²) < 4.78 is 5.24. The first-order valence-electron chi connectivity index (χ1n) is 4.38. The van der Waals surface area contributed by atoms with Crippen molar-refractivity contribution in [2.75, 3.05) is 20.8 Å². The molecule has 0 unspecified atom stereocenters. The summed E-state index contributed by atoms with van der Waals surface area (Å²) in [7, 11) is 2.99. The highest BCUT2D eigenvalue weighted by molar-refractivity contribution is 5.76. The highest BCUT2D eigenvalue weighted by atomic mass is 16.7. The van der Waals surface area contributed by atoms with Crippen LogP contribution in [0, 0.1) is 0 Å². The molecule has 0 rings (SSSR count). The van der Waals surface area contributed by atoms with Gasteiger partial charge < -0.3 is 10.5 Å². The third-order valence-corrected chi connectivity index (χ3v) is 1.25. The Bertz CT molecular complexity index is 189. The van der Waals surface area contributed by atoms with Crippen LogP contribution in [0.15, 0.2) is 0 Å². The summed E-state index contributed by atoms with van der Waals surface area (Å²) in [6, 6.07) is 0. The Morgan fingerprint density at radius 1 is 1.47 bits per heavy atom. The van der Waals surface area contributed by atoms with Crippen molar-refractivity contribution in [2.45, 2.75) is 26.4 Å². The lowest BCUT2D eigenvalue weighted by Gasteiger charge is -2.21. The number of hydrogen-bond donors (Lipinski definition) is 1. The molecule has 0 bridgehead atoms. The number of hydroxylamine groups is 2. The Morgan fingerprint density at radius 3 is 2.13 bits per heavy atom. The van der Waals surface area contributed by atoms with Gasteiger partial charge >= 0.3 is 0 Å². The number of nitrogens with two attached hydrogens (primary N) is 1. The zero-order valence-electron chi connectivity index (χ0n) is 9.94. The summed E-state index contributed by atoms with van der Waals surface area (Å²) in [5.41, 5.74) is 3.88. The molecule has 0 aromatic rings. The van der Waals surface area contributed by atoms with Crippen LogP contribution in [0.2, 0.25) is 0 Å². The predicted octanol–water partition coefficient (Wildman–Crippen LogP) is -0.0772. The first-order chi connectivity index (χ1) is 6.78. The molecule has 0 saturated heterocycles. The normalized spacial score (nSPS) is 9.93. The van der Waals surface area contributed by atoms with Crippen LogP contribution in [0.25, 0.3) is 0 Å². The van der Waals surface area contributed by atoms with Crippen molar-refractivity contribution in [2.24, 2.45) is 5.73 Å². The fourth-order valence-corrected chi connectivity index (χ4v) is 0.471. The van der Waals surface area contributed by atoms with E-state index < -0.39 is 0 Å². The molecule has 0 aliphatic rings. The summed E-state index contributed by atoms with van der Waals surface area (Å²) in [5.74, 6) is -0.188. The summed E-state index contributed by atoms with van der Waals surface area (Å²) in [4.78, 5) is 24.4. The van der Waals surface area contributed by atoms with Gasteiger partial charge in [0.15, 0.2) is 0 Å². The molecule has 90 valence electrons. The number of carbonyl (C=O) groups excluding carboxylic acids is 2. The van der Waals surface area contributed by atoms with E-state index in [4.69, 9.17) is 9.53 Å². The van der Waals surface area contributed by atoms with Crippen molar-refractivity contribution < 1.29 is 19.2 Å². The predicted molar refractivity (Wildman–Crippen MR) is 55.7 cm³/mol. The van der Waals surface area contributed by atoms with Gasteiger partial charge in [-0.15, -0.1) is 0 Å². The Balaban J connectivity index is 0. The first kappa shape index (κ1) is 16.3. The van der Waals surface area contributed by atoms with Crippen LogP contribution in [-0.4, -0.2) is 43.7 Å². The van der Waals surface area contributed by atoms with Crippen molar-refractivity contribution in [3.05, 3.63) is 0 Å². The standard InChI is InChI=1S/C8H17NO3.CH3NO/c1-8(2,3)12-6-7(10)9(4)11-5;2-1-3/h6H2,1-5H3;1H,(H2,2,3). The largest absolute Gasteiger partial charge is 0.372 e. The van der Waals surface area contributed by atoms with Crippen molar-refractivity contribution in [3.8, 4) is 0 Å². The van der Waals surface area contributed by atoms with E-state index in [0.29, 0.717) is 0 Å². The monoisotopic (exact) mass is 220 g/mol. The van der Waals surface area contributed by atoms with E-state index in [1.807, 2.05) is 20.8 Å². The van der Waals surface area contributed by atoms with E-state index in [9.17, 15) is 4.79 Å². The zero-order valence-corrected chi connectivity index (χ0v) is 9.94. The number of amides is 2. The van der Waals surface area contributed by atoms with Crippen LogP contribution < -0.4 is 5.73 Å². The lowest BCUT2D eigenvalue weighted by Crippen LogP contribution is -2.33. The summed E-state index contributed by atoms with van der Waals surface area (Å²) in [6.07, 6.45) is 0.250. The summed E-state index contributed by atoms with van der Waals surface area (Å²) in [6.45, 7) is 5.74. The van der Waals surface area contributed by atoms with Crippen molar-refractivity contribution in [3.63, 3.8) is 0 Å². The lowest BCUT2D eigenvalue weighted by atomic mass is 10.2. The minimum atomic E-state index is -0.287. The molecule has 0 fully saturated rings. The third-order valence-electron chi connectivity index (χ3n) is 1.25. The van der Waals surface area contributed by atoms with Crippen LogP contribution in [0.4, 0.5) is 0 Å². The molecule has 15 heavy (non-hydrogen) atoms. The van der Waals surface area contributed by atoms with E-state index in [-0.39, 0.29) is 24.5 Å². The molecule has 0 aromatic heterocycles. The molecule has 0 spiro atoms. The van der Waals surface area contributed by atoms with Gasteiger partial charge in [0.1, 0.15) is 6.61 Å². The second-order valence-electron chi connectivity index (χ2n) is 3.61. The van der Waals surface area contributed by atoms with E-state index in [1.165, 1.54) is 7.11 Å². The van der Waals surface area contributed by atoms with E-state index in [1.54, 1.807) is 7.05 Å². The number of nitrogens with zero attached hydrogens (tertiary/aromatic N) is 1. The minimum absolute atomic E-state index is 0.0494. The quantitative estimate of drug-likeness (QED) is 0.533. The second kappa shape index (κ2) is 8.19. The summed E-state index contributed by atoms with van der Waals surface area (Å²) >= 11 is 0. The number of carbonyl (C=O) groups is 2. The van der Waals surface area contributed by atoms with Gasteiger partial charge in [0.25, 0.3) is 5.91 Å². The topological polar surface area (TPSA) is 81.9 Å². The molecule has 0 atom stereocenters. The average molecular weight is 220 g/mol. The Morgan fingerprint density at radius 2 is 1.87 bits per heavy atom. The third kappa shape index (κ3) is 12.9. The minimum Gasteiger partial charge on any atom is -0.372 e. The van der Waals surface area contributed by atoms with Crippen molar-refractivity contribution in [1.29, 1.82) is 0 Å². The number of hydrogen-bond acceptors (Lipinski definition) is 4. The van der Waals surface area contributed by atoms with Crippen LogP contribution in [-0.2, 0) is 19.2 Å². The van der Waals surface area contributed by atoms with Crippen LogP contribution in [0.3, 0.4) is 0 Å². The fraction of sp³-hybridized carbons (Fsp3) is 0.778. The number of rotatable bonds is 3. The van der Waals surface area contributed by atoms with Gasteiger partial charge in [-0.25, -0.2) is 5.06 Å². The molecular weight excluding hydrogens is 200 g/mol. The Kier molecular flexibility index (Phi) is 8.90. The highest BCUT2D eigenvalue weighted by Crippen LogP contribution is 2.06. The molecule has 6 heteroatoms. The molecule has 2 amide bonds. The number of likely N-dealkylation sites (N-methyl/N-ethyl adjacent to an activating group) is 1. The maximum Gasteiger partial charge on any atom is 0.271 e. The maximum atomic E-state index is 11.1. The van der Waals surface area contributed by atoms with Gasteiger partial charge in [-0.2, -0.15) is 0 Å². The van der Waals surface area contributed by atoms with Crippen LogP contribution in [0.1, 0.15) is 20.8 Å². The molecular formula is C9H20N2O4. The van der Waals surface area contributed by atoms with Crippen LogP contribution >= 0.6 is 0 Å². The van der Waals surface area contributed by atoms with Gasteiger partial charge in [0.2, 0.25) is 6.41 Å². The number of primary amides is 1. The summed E-state index contributed by atoms with van der Waals surface area (Å²) in [5, 5.41) is 1.14. The van der Waals surface area contributed by atoms with Gasteiger partial charge in [0, 0.05) is 7.05 Å². The smallest absolute Gasteiger partial charge is 0.271 e. The van der Waals surface area contributed by atoms with Gasteiger partial charge in [0.05, 0.1) is 12.7 Å². The molecule has 0 aliphatic heterocycles. The maximum absolute atomic E-state index is 11.1. The molecule has 0 aliphatic carbocycles. The molecule has 0 aromatic carbocycles. The fourth-order valence-electron chi connectivity index (χ4n) is 0.471. The van der Waals surface area contributed by atoms with E-state index in [2.05, 4.69) is 10.6 Å². The van der Waals surface area contributed by atoms with Crippen molar-refractivity contribution in [1.82, 2.24) is 5.06 Å². The molecule has 6 nitrogen and oxygen atoms in total. The lowest BCUT2D eigenvalue weighted by molar-refractivity contribution is -0.177. The van der Waals surface area contributed by atoms with E-state index in [0.717, 1.165) is 5.06 Å². The highest BCUT2D eigenvalue weighted by Gasteiger charge is 2.14. The van der Waals surface area contributed by atoms with Gasteiger partial charge in [-0.1, -0.05) is 0 Å². The SMILES string of the molecule is CON(C)C(=O)COC(C)(C)C.NC=O. The zero-order chi connectivity index (χ0) is 12.5. The molecule has 0 saturated carbocycles.